The molecule has 9 nitrogen and oxygen atoms in total. The van der Waals surface area contributed by atoms with Crippen molar-refractivity contribution in [1.82, 2.24) is 5.32 Å². The van der Waals surface area contributed by atoms with Gasteiger partial charge in [0.05, 0.1) is 17.1 Å². The normalized spacial score (nSPS) is 16.9. The van der Waals surface area contributed by atoms with Crippen LogP contribution < -0.4 is 19.7 Å². The monoisotopic (exact) mass is 601 g/mol. The molecule has 0 radical (unpaired) electrons. The highest BCUT2D eigenvalue weighted by atomic mass is 32.2. The van der Waals surface area contributed by atoms with Gasteiger partial charge in [0.25, 0.3) is 10.0 Å². The molecule has 0 aromatic heterocycles. The van der Waals surface area contributed by atoms with Gasteiger partial charge in [-0.25, -0.2) is 17.6 Å². The minimum atomic E-state index is -5.07. The van der Waals surface area contributed by atoms with Crippen molar-refractivity contribution >= 4 is 33.4 Å². The van der Waals surface area contributed by atoms with Crippen molar-refractivity contribution in [2.75, 3.05) is 16.2 Å². The van der Waals surface area contributed by atoms with Crippen molar-refractivity contribution in [3.63, 3.8) is 0 Å². The van der Waals surface area contributed by atoms with Gasteiger partial charge in [-0.15, -0.1) is 0 Å². The highest BCUT2D eigenvalue weighted by Gasteiger charge is 2.52. The van der Waals surface area contributed by atoms with E-state index in [1.807, 2.05) is 5.32 Å². The lowest BCUT2D eigenvalue weighted by molar-refractivity contribution is -0.242. The van der Waals surface area contributed by atoms with Crippen LogP contribution in [0, 0.1) is 5.82 Å². The zero-order valence-electron chi connectivity index (χ0n) is 20.9. The van der Waals surface area contributed by atoms with Gasteiger partial charge in [-0.2, -0.15) is 26.3 Å². The quantitative estimate of drug-likeness (QED) is 0.463. The van der Waals surface area contributed by atoms with E-state index in [-0.39, 0.29) is 5.69 Å². The Balaban J connectivity index is 2.05. The Labute approximate surface area is 223 Å². The molecular weight excluding hydrogens is 579 g/mol. The van der Waals surface area contributed by atoms with Gasteiger partial charge in [0.15, 0.2) is 6.04 Å². The molecule has 2 unspecified atom stereocenters. The summed E-state index contributed by atoms with van der Waals surface area (Å²) in [4.78, 5) is 23.1. The molecule has 2 aromatic rings. The van der Waals surface area contributed by atoms with Crippen LogP contribution in [0.5, 0.6) is 5.75 Å². The fourth-order valence-electron chi connectivity index (χ4n) is 3.52. The number of fused-ring (bicyclic) bond motifs is 1. The van der Waals surface area contributed by atoms with Gasteiger partial charge in [-0.1, -0.05) is 0 Å². The minimum absolute atomic E-state index is 0.294. The molecule has 2 amide bonds. The number of sulfonamides is 1. The number of halogens is 7. The maximum Gasteiger partial charge on any atom is 0.427 e. The summed E-state index contributed by atoms with van der Waals surface area (Å²) in [6, 6.07) is 3.60. The van der Waals surface area contributed by atoms with E-state index < -0.39 is 80.8 Å². The summed E-state index contributed by atoms with van der Waals surface area (Å²) in [7, 11) is -4.71. The molecule has 2 N–H and O–H groups in total. The zero-order valence-corrected chi connectivity index (χ0v) is 21.7. The molecule has 1 heterocycles. The van der Waals surface area contributed by atoms with E-state index in [9.17, 15) is 48.7 Å². The second-order valence-corrected chi connectivity index (χ2v) is 10.9. The van der Waals surface area contributed by atoms with Gasteiger partial charge < -0.3 is 14.8 Å². The molecule has 1 aliphatic rings. The number of carbonyl (C=O) groups is 2. The molecule has 2 atom stereocenters. The first-order valence-electron chi connectivity index (χ1n) is 11.2. The first-order valence-corrected chi connectivity index (χ1v) is 12.7. The van der Waals surface area contributed by atoms with Crippen LogP contribution in [0.2, 0.25) is 0 Å². The van der Waals surface area contributed by atoms with Crippen molar-refractivity contribution < 1.29 is 58.2 Å². The van der Waals surface area contributed by atoms with Crippen LogP contribution in [-0.2, 0) is 19.6 Å². The molecule has 0 saturated heterocycles. The first-order chi connectivity index (χ1) is 18.2. The van der Waals surface area contributed by atoms with Gasteiger partial charge in [-0.3, -0.25) is 14.4 Å². The van der Waals surface area contributed by atoms with E-state index in [2.05, 4.69) is 4.74 Å². The largest absolute Gasteiger partial charge is 0.484 e. The second kappa shape index (κ2) is 10.7. The predicted molar refractivity (Wildman–Crippen MR) is 126 cm³/mol. The maximum atomic E-state index is 13.8. The number of nitrogens with one attached hydrogen (secondary N) is 2. The Kier molecular flexibility index (Phi) is 8.21. The Bertz CT molecular complexity index is 1380. The topological polar surface area (TPSA) is 114 Å². The molecule has 0 spiro atoms. The molecule has 0 fully saturated rings. The number of carbonyl (C=O) groups excluding carboxylic acids is 2. The van der Waals surface area contributed by atoms with Crippen LogP contribution in [0.25, 0.3) is 0 Å². The fraction of sp³-hybridized carbons (Fsp3) is 0.391. The maximum absolute atomic E-state index is 13.8. The fourth-order valence-corrected chi connectivity index (χ4v) is 5.00. The Hall–Kier alpha value is -3.76. The Morgan fingerprint density at radius 3 is 2.17 bits per heavy atom. The summed E-state index contributed by atoms with van der Waals surface area (Å²) >= 11 is 0. The van der Waals surface area contributed by atoms with E-state index in [0.29, 0.717) is 18.2 Å². The molecule has 40 heavy (non-hydrogen) atoms. The summed E-state index contributed by atoms with van der Waals surface area (Å²) in [6.07, 6.45) is -13.6. The third-order valence-corrected chi connectivity index (χ3v) is 7.41. The Morgan fingerprint density at radius 2 is 1.65 bits per heavy atom. The van der Waals surface area contributed by atoms with E-state index in [1.165, 1.54) is 0 Å². The SMILES string of the molecule is CC(=O)NC(C1CN(S(=O)(=O)c2ccc(F)cc2)c2cc(NC(=O)OC(C)(C)C(F)(F)F)ccc2O1)C(F)(F)F. The van der Waals surface area contributed by atoms with Crippen molar-refractivity contribution in [3.8, 4) is 5.75 Å². The number of alkyl halides is 6. The van der Waals surface area contributed by atoms with E-state index in [4.69, 9.17) is 4.74 Å². The zero-order chi connectivity index (χ0) is 30.3. The smallest absolute Gasteiger partial charge is 0.427 e. The van der Waals surface area contributed by atoms with Crippen molar-refractivity contribution in [1.29, 1.82) is 0 Å². The van der Waals surface area contributed by atoms with Crippen LogP contribution >= 0.6 is 0 Å². The summed E-state index contributed by atoms with van der Waals surface area (Å²) in [5, 5.41) is 3.68. The average Bonchev–Trinajstić information content (AvgIpc) is 2.80. The molecule has 1 aliphatic heterocycles. The van der Waals surface area contributed by atoms with Gasteiger partial charge in [0.2, 0.25) is 11.5 Å². The highest BCUT2D eigenvalue weighted by Crippen LogP contribution is 2.41. The van der Waals surface area contributed by atoms with Crippen molar-refractivity contribution in [3.05, 3.63) is 48.3 Å². The predicted octanol–water partition coefficient (Wildman–Crippen LogP) is 4.74. The van der Waals surface area contributed by atoms with E-state index in [0.717, 1.165) is 49.4 Å². The average molecular weight is 601 g/mol. The molecule has 3 rings (SSSR count). The third-order valence-electron chi connectivity index (χ3n) is 5.61. The lowest BCUT2D eigenvalue weighted by Crippen LogP contribution is -2.59. The number of hydrogen-bond donors (Lipinski definition) is 2. The van der Waals surface area contributed by atoms with Crippen molar-refractivity contribution in [2.24, 2.45) is 0 Å². The van der Waals surface area contributed by atoms with E-state index >= 15 is 0 Å². The van der Waals surface area contributed by atoms with Gasteiger partial charge in [-0.05, 0) is 56.3 Å². The summed E-state index contributed by atoms with van der Waals surface area (Å²) < 4.78 is 131. The number of amides is 2. The molecule has 0 aliphatic carbocycles. The lowest BCUT2D eigenvalue weighted by Gasteiger charge is -2.39. The van der Waals surface area contributed by atoms with Gasteiger partial charge in [0, 0.05) is 12.6 Å². The number of benzene rings is 2. The van der Waals surface area contributed by atoms with Crippen LogP contribution in [0.1, 0.15) is 20.8 Å². The molecule has 0 bridgehead atoms. The Morgan fingerprint density at radius 1 is 1.05 bits per heavy atom. The number of anilines is 2. The highest BCUT2D eigenvalue weighted by molar-refractivity contribution is 7.92. The van der Waals surface area contributed by atoms with Crippen LogP contribution in [-0.4, -0.2) is 57.1 Å². The van der Waals surface area contributed by atoms with Crippen LogP contribution in [0.4, 0.5) is 46.9 Å². The van der Waals surface area contributed by atoms with Gasteiger partial charge >= 0.3 is 18.4 Å². The van der Waals surface area contributed by atoms with E-state index in [1.54, 1.807) is 5.32 Å². The second-order valence-electron chi connectivity index (χ2n) is 9.07. The summed E-state index contributed by atoms with van der Waals surface area (Å²) in [5.74, 6) is -2.31. The number of ether oxygens (including phenoxy) is 2. The molecule has 220 valence electrons. The lowest BCUT2D eigenvalue weighted by atomic mass is 10.1. The third kappa shape index (κ3) is 6.68. The number of nitrogens with zero attached hydrogens (tertiary/aromatic N) is 1. The van der Waals surface area contributed by atoms with Crippen LogP contribution in [0.3, 0.4) is 0 Å². The first kappa shape index (κ1) is 30.8. The standard InChI is InChI=1S/C23H22F7N3O6S/c1-12(34)31-19(22(25,26)27)18-11-33(40(36,37)15-7-4-13(24)5-8-15)16-10-14(6-9-17(16)38-18)32-20(35)39-21(2,3)23(28,29)30/h4-10,18-19H,11H2,1-3H3,(H,31,34)(H,32,35). The molecule has 2 aromatic carbocycles. The summed E-state index contributed by atoms with van der Waals surface area (Å²) in [5.41, 5.74) is -3.59. The van der Waals surface area contributed by atoms with Gasteiger partial charge in [0.1, 0.15) is 17.7 Å². The van der Waals surface area contributed by atoms with Crippen LogP contribution in [0.15, 0.2) is 47.4 Å². The molecular formula is C23H22F7N3O6S. The van der Waals surface area contributed by atoms with Crippen molar-refractivity contribution in [2.45, 2.75) is 55.8 Å². The number of hydrogen-bond acceptors (Lipinski definition) is 6. The summed E-state index contributed by atoms with van der Waals surface area (Å²) in [6.45, 7) is 0.999. The number of rotatable bonds is 6. The minimum Gasteiger partial charge on any atom is -0.484 e. The molecule has 0 saturated carbocycles. The molecule has 17 heteroatoms.